The molecular formula is C6H11ClNO3+. The van der Waals surface area contributed by atoms with Crippen LogP contribution in [0.5, 0.6) is 0 Å². The van der Waals surface area contributed by atoms with Crippen molar-refractivity contribution in [1.29, 1.82) is 0 Å². The average Bonchev–Trinajstić information content (AvgIpc) is 2.44. The topological polar surface area (TPSA) is 66.3 Å². The van der Waals surface area contributed by atoms with Gasteiger partial charge in [0.1, 0.15) is 23.6 Å². The van der Waals surface area contributed by atoms with Gasteiger partial charge >= 0.3 is 0 Å². The van der Waals surface area contributed by atoms with E-state index in [1.165, 1.54) is 0 Å². The van der Waals surface area contributed by atoms with Gasteiger partial charge in [0.05, 0.1) is 6.61 Å². The quantitative estimate of drug-likeness (QED) is 0.438. The maximum atomic E-state index is 9.48. The molecule has 0 aromatic heterocycles. The molecule has 5 atom stereocenters. The minimum atomic E-state index is -0.587. The van der Waals surface area contributed by atoms with Crippen LogP contribution in [0, 0.1) is 0 Å². The van der Waals surface area contributed by atoms with Crippen molar-refractivity contribution in [2.75, 3.05) is 6.61 Å². The molecule has 0 aromatic carbocycles. The highest BCUT2D eigenvalue weighted by Gasteiger charge is 2.50. The summed E-state index contributed by atoms with van der Waals surface area (Å²) < 4.78 is 10.4. The minimum Gasteiger partial charge on any atom is -0.384 e. The summed E-state index contributed by atoms with van der Waals surface area (Å²) in [6.45, 7) is 0.432. The number of ether oxygens (including phenoxy) is 2. The van der Waals surface area contributed by atoms with Crippen LogP contribution in [-0.2, 0) is 9.47 Å². The molecule has 0 aliphatic carbocycles. The largest absolute Gasteiger partial charge is 0.384 e. The summed E-state index contributed by atoms with van der Waals surface area (Å²) in [4.78, 5) is 0. The highest BCUT2D eigenvalue weighted by atomic mass is 35.5. The zero-order valence-electron chi connectivity index (χ0n) is 5.94. The van der Waals surface area contributed by atoms with Crippen LogP contribution in [0.4, 0.5) is 0 Å². The first-order valence-electron chi connectivity index (χ1n) is 3.62. The van der Waals surface area contributed by atoms with Gasteiger partial charge in [-0.3, -0.25) is 0 Å². The van der Waals surface area contributed by atoms with Crippen molar-refractivity contribution >= 4 is 11.6 Å². The fourth-order valence-electron chi connectivity index (χ4n) is 1.45. The van der Waals surface area contributed by atoms with Crippen molar-refractivity contribution in [3.05, 3.63) is 0 Å². The first-order chi connectivity index (χ1) is 5.20. The average molecular weight is 181 g/mol. The molecule has 2 heterocycles. The standard InChI is InChI=1S/C6H10ClNO3/c7-3-4(8)5(9)2-1-10-6(3)11-2/h2-6,9H,1,8H2/p+1/t2-,3-,4-,5+,6-/m0/s1. The fraction of sp³-hybridized carbons (Fsp3) is 1.00. The van der Waals surface area contributed by atoms with Gasteiger partial charge in [0.25, 0.3) is 0 Å². The number of quaternary nitrogens is 1. The monoisotopic (exact) mass is 180 g/mol. The molecule has 0 radical (unpaired) electrons. The normalized spacial score (nSPS) is 56.5. The predicted molar refractivity (Wildman–Crippen MR) is 36.9 cm³/mol. The molecule has 4 N–H and O–H groups in total. The molecule has 2 aliphatic rings. The number of alkyl halides is 1. The lowest BCUT2D eigenvalue weighted by Crippen LogP contribution is -2.75. The van der Waals surface area contributed by atoms with Crippen LogP contribution in [-0.4, -0.2) is 41.6 Å². The molecule has 0 spiro atoms. The summed E-state index contributed by atoms with van der Waals surface area (Å²) in [5, 5.41) is 9.15. The third-order valence-electron chi connectivity index (χ3n) is 2.22. The lowest BCUT2D eigenvalue weighted by Gasteiger charge is -2.30. The van der Waals surface area contributed by atoms with Gasteiger partial charge in [-0.05, 0) is 0 Å². The van der Waals surface area contributed by atoms with E-state index in [9.17, 15) is 5.11 Å². The molecule has 0 aromatic rings. The summed E-state index contributed by atoms with van der Waals surface area (Å²) in [5.41, 5.74) is 3.76. The highest BCUT2D eigenvalue weighted by Crippen LogP contribution is 2.29. The number of fused-ring (bicyclic) bond motifs is 2. The van der Waals surface area contributed by atoms with E-state index < -0.39 is 6.10 Å². The molecule has 4 nitrogen and oxygen atoms in total. The molecule has 64 valence electrons. The Morgan fingerprint density at radius 3 is 3.00 bits per heavy atom. The van der Waals surface area contributed by atoms with Gasteiger partial charge in [0.15, 0.2) is 6.29 Å². The Bertz CT molecular complexity index is 148. The van der Waals surface area contributed by atoms with E-state index in [0.717, 1.165) is 0 Å². The van der Waals surface area contributed by atoms with Gasteiger partial charge in [-0.1, -0.05) is 0 Å². The van der Waals surface area contributed by atoms with Crippen LogP contribution >= 0.6 is 11.6 Å². The Labute approximate surface area is 69.2 Å². The maximum Gasteiger partial charge on any atom is 0.180 e. The Balaban J connectivity index is 2.16. The lowest BCUT2D eigenvalue weighted by molar-refractivity contribution is -0.454. The molecule has 0 amide bonds. The third kappa shape index (κ3) is 1.06. The second-order valence-electron chi connectivity index (χ2n) is 2.98. The van der Waals surface area contributed by atoms with Gasteiger partial charge in [0, 0.05) is 0 Å². The van der Waals surface area contributed by atoms with E-state index in [2.05, 4.69) is 5.73 Å². The second-order valence-corrected chi connectivity index (χ2v) is 3.48. The first-order valence-corrected chi connectivity index (χ1v) is 4.06. The first kappa shape index (κ1) is 7.76. The van der Waals surface area contributed by atoms with Crippen LogP contribution in [0.3, 0.4) is 0 Å². The van der Waals surface area contributed by atoms with Crippen LogP contribution in [0.2, 0.25) is 0 Å². The Morgan fingerprint density at radius 1 is 1.55 bits per heavy atom. The summed E-state index contributed by atoms with van der Waals surface area (Å²) in [6.07, 6.45) is -1.18. The van der Waals surface area contributed by atoms with Crippen molar-refractivity contribution in [2.24, 2.45) is 0 Å². The van der Waals surface area contributed by atoms with Crippen molar-refractivity contribution < 1.29 is 20.3 Å². The number of hydrogen-bond donors (Lipinski definition) is 2. The van der Waals surface area contributed by atoms with Gasteiger partial charge in [-0.25, -0.2) is 0 Å². The van der Waals surface area contributed by atoms with Crippen molar-refractivity contribution in [3.63, 3.8) is 0 Å². The van der Waals surface area contributed by atoms with Crippen molar-refractivity contribution in [2.45, 2.75) is 29.9 Å². The molecule has 2 rings (SSSR count). The Kier molecular flexibility index (Phi) is 1.81. The van der Waals surface area contributed by atoms with Crippen LogP contribution in [0.25, 0.3) is 0 Å². The molecule has 5 heteroatoms. The summed E-state index contributed by atoms with van der Waals surface area (Å²) in [6, 6.07) is -0.192. The van der Waals surface area contributed by atoms with E-state index in [-0.39, 0.29) is 23.8 Å². The van der Waals surface area contributed by atoms with E-state index in [0.29, 0.717) is 6.61 Å². The highest BCUT2D eigenvalue weighted by molar-refractivity contribution is 6.21. The van der Waals surface area contributed by atoms with Crippen LogP contribution < -0.4 is 5.73 Å². The van der Waals surface area contributed by atoms with Crippen molar-refractivity contribution in [3.8, 4) is 0 Å². The molecule has 0 saturated carbocycles. The predicted octanol–water partition coefficient (Wildman–Crippen LogP) is -1.68. The SMILES string of the molecule is [NH3+][C@@H]1[C@H](O)[C@@H]2CO[C@@H](O2)[C@H]1Cl. The van der Waals surface area contributed by atoms with Gasteiger partial charge in [-0.2, -0.15) is 0 Å². The molecule has 2 bridgehead atoms. The molecular weight excluding hydrogens is 170 g/mol. The zero-order chi connectivity index (χ0) is 8.01. The summed E-state index contributed by atoms with van der Waals surface area (Å²) in [7, 11) is 0. The molecule has 0 unspecified atom stereocenters. The summed E-state index contributed by atoms with van der Waals surface area (Å²) >= 11 is 5.88. The Morgan fingerprint density at radius 2 is 2.27 bits per heavy atom. The smallest absolute Gasteiger partial charge is 0.180 e. The number of rotatable bonds is 0. The minimum absolute atomic E-state index is 0.192. The number of halogens is 1. The van der Waals surface area contributed by atoms with Crippen LogP contribution in [0.15, 0.2) is 0 Å². The van der Waals surface area contributed by atoms with E-state index >= 15 is 0 Å². The van der Waals surface area contributed by atoms with Crippen LogP contribution in [0.1, 0.15) is 0 Å². The molecule has 2 fully saturated rings. The van der Waals surface area contributed by atoms with Gasteiger partial charge in [-0.15, -0.1) is 11.6 Å². The lowest BCUT2D eigenvalue weighted by atomic mass is 10.0. The summed E-state index contributed by atoms with van der Waals surface area (Å²) in [5.74, 6) is 0. The van der Waals surface area contributed by atoms with E-state index in [1.54, 1.807) is 0 Å². The molecule has 2 aliphatic heterocycles. The zero-order valence-corrected chi connectivity index (χ0v) is 6.70. The second kappa shape index (κ2) is 2.57. The maximum absolute atomic E-state index is 9.48. The fourth-order valence-corrected chi connectivity index (χ4v) is 1.73. The number of aliphatic hydroxyl groups excluding tert-OH is 1. The van der Waals surface area contributed by atoms with Crippen molar-refractivity contribution in [1.82, 2.24) is 0 Å². The number of aliphatic hydroxyl groups is 1. The molecule has 2 saturated heterocycles. The number of hydrogen-bond acceptors (Lipinski definition) is 3. The van der Waals surface area contributed by atoms with E-state index in [1.807, 2.05) is 0 Å². The van der Waals surface area contributed by atoms with Gasteiger partial charge in [0.2, 0.25) is 0 Å². The Hall–Kier alpha value is 0.130. The molecule has 11 heavy (non-hydrogen) atoms. The van der Waals surface area contributed by atoms with Gasteiger partial charge < -0.3 is 20.3 Å². The van der Waals surface area contributed by atoms with E-state index in [4.69, 9.17) is 21.1 Å². The third-order valence-corrected chi connectivity index (χ3v) is 2.75.